The minimum absolute atomic E-state index is 0.0706. The van der Waals surface area contributed by atoms with Gasteiger partial charge in [0.2, 0.25) is 5.78 Å². The van der Waals surface area contributed by atoms with E-state index in [1.165, 1.54) is 50.2 Å². The van der Waals surface area contributed by atoms with Gasteiger partial charge in [0.1, 0.15) is 22.8 Å². The molecule has 0 heterocycles. The number of hydrogen-bond donors (Lipinski definition) is 7. The number of phenols is 1. The van der Waals surface area contributed by atoms with Crippen molar-refractivity contribution in [1.29, 1.82) is 0 Å². The van der Waals surface area contributed by atoms with Crippen LogP contribution < -0.4 is 10.9 Å². The molecule has 0 aromatic heterocycles. The Bertz CT molecular complexity index is 1460. The molecule has 0 fully saturated rings. The molecular formula is C25H31N3O11S. The van der Waals surface area contributed by atoms with Gasteiger partial charge < -0.3 is 31.3 Å². The van der Waals surface area contributed by atoms with E-state index in [0.29, 0.717) is 0 Å². The predicted octanol–water partition coefficient (Wildman–Crippen LogP) is -0.822. The molecule has 1 aromatic carbocycles. The second-order valence-corrected chi connectivity index (χ2v) is 11.2. The quantitative estimate of drug-likeness (QED) is 0.166. The SMILES string of the molecule is C=CCOS(N)(=O)=O.CN(C)[C@@H]1C(O)=C(C(N)=O)C(=O)[C@@]2(O)C(O)=C3C(=O)c4c(O)cccc4[C@@](C)(O)[C@H]3C[C@@H]12. The van der Waals surface area contributed by atoms with Gasteiger partial charge in [-0.25, -0.2) is 5.14 Å². The highest BCUT2D eigenvalue weighted by Gasteiger charge is 2.65. The maximum Gasteiger partial charge on any atom is 0.333 e. The van der Waals surface area contributed by atoms with Gasteiger partial charge in [0, 0.05) is 17.4 Å². The molecule has 0 aliphatic heterocycles. The molecule has 1 amide bonds. The van der Waals surface area contributed by atoms with Gasteiger partial charge in [0.25, 0.3) is 5.91 Å². The summed E-state index contributed by atoms with van der Waals surface area (Å²) in [5, 5.41) is 59.5. The summed E-state index contributed by atoms with van der Waals surface area (Å²) < 4.78 is 23.8. The van der Waals surface area contributed by atoms with Gasteiger partial charge in [-0.2, -0.15) is 8.42 Å². The second kappa shape index (κ2) is 10.4. The van der Waals surface area contributed by atoms with Crippen molar-refractivity contribution in [3.63, 3.8) is 0 Å². The number of amides is 1. The van der Waals surface area contributed by atoms with Crippen LogP contribution in [0.2, 0.25) is 0 Å². The average molecular weight is 582 g/mol. The van der Waals surface area contributed by atoms with Crippen molar-refractivity contribution < 1.29 is 52.5 Å². The minimum atomic E-state index is -3.76. The van der Waals surface area contributed by atoms with Crippen molar-refractivity contribution in [2.75, 3.05) is 20.7 Å². The Morgan fingerprint density at radius 1 is 1.23 bits per heavy atom. The molecule has 0 spiro atoms. The maximum atomic E-state index is 13.3. The topological polar surface area (TPSA) is 251 Å². The van der Waals surface area contributed by atoms with Gasteiger partial charge in [0.05, 0.1) is 23.8 Å². The molecule has 0 saturated heterocycles. The third-order valence-corrected chi connectivity index (χ3v) is 7.84. The van der Waals surface area contributed by atoms with Gasteiger partial charge in [-0.3, -0.25) is 23.5 Å². The summed E-state index contributed by atoms with van der Waals surface area (Å²) in [6.07, 6.45) is 1.10. The monoisotopic (exact) mass is 581 g/mol. The van der Waals surface area contributed by atoms with Gasteiger partial charge in [0.15, 0.2) is 11.4 Å². The number of benzene rings is 1. The van der Waals surface area contributed by atoms with E-state index in [1.54, 1.807) is 0 Å². The Labute approximate surface area is 229 Å². The number of ketones is 2. The van der Waals surface area contributed by atoms with Crippen LogP contribution >= 0.6 is 0 Å². The smallest absolute Gasteiger partial charge is 0.333 e. The van der Waals surface area contributed by atoms with Crippen LogP contribution in [-0.2, 0) is 29.7 Å². The van der Waals surface area contributed by atoms with E-state index in [4.69, 9.17) is 5.73 Å². The summed E-state index contributed by atoms with van der Waals surface area (Å²) in [6, 6.07) is 3.05. The number of phenolic OH excluding ortho intramolecular Hbond substituents is 1. The normalized spacial score (nSPS) is 29.7. The lowest BCUT2D eigenvalue weighted by molar-refractivity contribution is -0.151. The van der Waals surface area contributed by atoms with Crippen LogP contribution in [0, 0.1) is 11.8 Å². The Kier molecular flexibility index (Phi) is 8.06. The van der Waals surface area contributed by atoms with E-state index in [-0.39, 0.29) is 24.2 Å². The zero-order chi connectivity index (χ0) is 30.5. The Morgan fingerprint density at radius 2 is 1.82 bits per heavy atom. The lowest BCUT2D eigenvalue weighted by atomic mass is 9.55. The highest BCUT2D eigenvalue weighted by molar-refractivity contribution is 7.84. The van der Waals surface area contributed by atoms with E-state index in [9.17, 15) is 48.3 Å². The van der Waals surface area contributed by atoms with Crippen molar-refractivity contribution >= 4 is 27.8 Å². The van der Waals surface area contributed by atoms with Crippen molar-refractivity contribution in [1.82, 2.24) is 4.90 Å². The first-order chi connectivity index (χ1) is 18.3. The van der Waals surface area contributed by atoms with E-state index >= 15 is 0 Å². The molecule has 40 heavy (non-hydrogen) atoms. The number of carbonyl (C=O) groups excluding carboxylic acids is 3. The molecule has 0 bridgehead atoms. The summed E-state index contributed by atoms with van der Waals surface area (Å²) in [5.74, 6) is -7.89. The van der Waals surface area contributed by atoms with Crippen LogP contribution in [0.3, 0.4) is 0 Å². The fourth-order valence-electron chi connectivity index (χ4n) is 5.65. The lowest BCUT2D eigenvalue weighted by Gasteiger charge is -2.52. The third-order valence-electron chi connectivity index (χ3n) is 7.37. The number of aliphatic hydroxyl groups excluding tert-OH is 2. The zero-order valence-electron chi connectivity index (χ0n) is 21.9. The summed E-state index contributed by atoms with van der Waals surface area (Å²) >= 11 is 0. The molecule has 14 nitrogen and oxygen atoms in total. The number of rotatable bonds is 5. The van der Waals surface area contributed by atoms with Crippen molar-refractivity contribution in [3.05, 3.63) is 64.6 Å². The van der Waals surface area contributed by atoms with Gasteiger partial charge in [-0.05, 0) is 39.1 Å². The molecule has 5 atom stereocenters. The number of fused-ring (bicyclic) bond motifs is 3. The fourth-order valence-corrected chi connectivity index (χ4v) is 5.94. The first-order valence-corrected chi connectivity index (χ1v) is 13.3. The van der Waals surface area contributed by atoms with Gasteiger partial charge in [-0.1, -0.05) is 18.2 Å². The number of carbonyl (C=O) groups is 3. The van der Waals surface area contributed by atoms with Crippen molar-refractivity contribution in [2.45, 2.75) is 30.6 Å². The summed E-state index contributed by atoms with van der Waals surface area (Å²) in [4.78, 5) is 39.9. The van der Waals surface area contributed by atoms with E-state index in [2.05, 4.69) is 15.9 Å². The van der Waals surface area contributed by atoms with Crippen LogP contribution in [0.1, 0.15) is 29.3 Å². The highest BCUT2D eigenvalue weighted by Crippen LogP contribution is 2.56. The molecule has 0 radical (unpaired) electrons. The number of aromatic hydroxyl groups is 1. The zero-order valence-corrected chi connectivity index (χ0v) is 22.7. The van der Waals surface area contributed by atoms with Crippen molar-refractivity contribution in [2.24, 2.45) is 22.7 Å². The Hall–Kier alpha value is -3.60. The maximum absolute atomic E-state index is 13.3. The summed E-state index contributed by atoms with van der Waals surface area (Å²) in [5.41, 5.74) is -0.654. The summed E-state index contributed by atoms with van der Waals surface area (Å²) in [7, 11) is -0.695. The fraction of sp³-hybridized carbons (Fsp3) is 0.400. The predicted molar refractivity (Wildman–Crippen MR) is 139 cm³/mol. The molecule has 0 saturated carbocycles. The minimum Gasteiger partial charge on any atom is -0.510 e. The lowest BCUT2D eigenvalue weighted by Crippen LogP contribution is -2.65. The number of aliphatic hydroxyl groups is 4. The largest absolute Gasteiger partial charge is 0.510 e. The number of hydrogen-bond acceptors (Lipinski definition) is 12. The molecule has 4 rings (SSSR count). The standard InChI is InChI=1S/C22H24N2O8.C3H7NO3S/c1-21(31)8-5-4-6-11(25)12(8)16(26)13-9(21)7-10-15(24(2)3)17(27)14(20(23)30)19(29)22(10,32)18(13)28;1-2-3-7-8(4,5)6/h4-6,9-10,15,25,27-28,31-32H,7H2,1-3H3,(H2,23,30);2H,1,3H2,(H2,4,5,6)/t9-,10-,15-,21+,22-;/m0./s1. The molecule has 0 unspecified atom stereocenters. The van der Waals surface area contributed by atoms with Crippen LogP contribution in [0.5, 0.6) is 5.75 Å². The highest BCUT2D eigenvalue weighted by atomic mass is 32.2. The Balaban J connectivity index is 0.000000482. The number of nitrogens with two attached hydrogens (primary N) is 2. The molecule has 218 valence electrons. The van der Waals surface area contributed by atoms with Crippen LogP contribution in [0.4, 0.5) is 0 Å². The number of likely N-dealkylation sites (N-methyl/N-ethyl adjacent to an activating group) is 1. The number of primary amides is 1. The molecule has 3 aliphatic carbocycles. The number of nitrogens with zero attached hydrogens (tertiary/aromatic N) is 1. The average Bonchev–Trinajstić information content (AvgIpc) is 2.83. The van der Waals surface area contributed by atoms with E-state index in [0.717, 1.165) is 0 Å². The Morgan fingerprint density at radius 3 is 2.30 bits per heavy atom. The van der Waals surface area contributed by atoms with Gasteiger partial charge in [-0.15, -0.1) is 6.58 Å². The number of Topliss-reactive ketones (excluding diaryl/α,β-unsaturated/α-hetero) is 2. The van der Waals surface area contributed by atoms with E-state index in [1.807, 2.05) is 0 Å². The molecule has 15 heteroatoms. The molecular weight excluding hydrogens is 550 g/mol. The molecule has 1 aromatic rings. The van der Waals surface area contributed by atoms with E-state index < -0.39 is 85.3 Å². The summed E-state index contributed by atoms with van der Waals surface area (Å²) in [6.45, 7) is 4.55. The van der Waals surface area contributed by atoms with Crippen LogP contribution in [-0.4, -0.2) is 88.7 Å². The third kappa shape index (κ3) is 4.80. The first kappa shape index (κ1) is 30.9. The van der Waals surface area contributed by atoms with Crippen molar-refractivity contribution in [3.8, 4) is 5.75 Å². The molecule has 3 aliphatic rings. The molecule has 9 N–H and O–H groups in total. The second-order valence-electron chi connectivity index (χ2n) is 10.0. The van der Waals surface area contributed by atoms with Crippen LogP contribution in [0.25, 0.3) is 0 Å². The van der Waals surface area contributed by atoms with Crippen LogP contribution in [0.15, 0.2) is 53.5 Å². The van der Waals surface area contributed by atoms with Gasteiger partial charge >= 0.3 is 10.3 Å². The first-order valence-electron chi connectivity index (χ1n) is 11.8.